The largest absolute Gasteiger partial charge is 0.486 e. The molecule has 0 amide bonds. The highest BCUT2D eigenvalue weighted by Crippen LogP contribution is 2.13. The quantitative estimate of drug-likeness (QED) is 0.489. The van der Waals surface area contributed by atoms with Gasteiger partial charge in [0.15, 0.2) is 0 Å². The first-order chi connectivity index (χ1) is 9.04. The lowest BCUT2D eigenvalue weighted by molar-refractivity contribution is -0.156. The predicted molar refractivity (Wildman–Crippen MR) is 71.7 cm³/mol. The number of ether oxygens (including phenoxy) is 2. The monoisotopic (exact) mass is 272 g/mol. The van der Waals surface area contributed by atoms with Gasteiger partial charge in [-0.3, -0.25) is 4.79 Å². The number of rotatable bonds is 10. The first-order valence-corrected chi connectivity index (χ1v) is 6.76. The Morgan fingerprint density at radius 1 is 1.26 bits per heavy atom. The molecule has 0 rings (SSSR count). The summed E-state index contributed by atoms with van der Waals surface area (Å²) in [5.74, 6) is -1.72. The Hall–Kier alpha value is -1.52. The molecule has 0 aliphatic carbocycles. The number of carboxylic acid groups (broad SMARTS) is 1. The van der Waals surface area contributed by atoms with Crippen molar-refractivity contribution in [1.29, 1.82) is 0 Å². The molecule has 110 valence electrons. The second kappa shape index (κ2) is 10.4. The van der Waals surface area contributed by atoms with Gasteiger partial charge in [0.2, 0.25) is 6.10 Å². The summed E-state index contributed by atoms with van der Waals surface area (Å²) in [6.45, 7) is 5.99. The fraction of sp³-hybridized carbons (Fsp3) is 0.714. The van der Waals surface area contributed by atoms with E-state index in [1.165, 1.54) is 6.26 Å². The average molecular weight is 272 g/mol. The predicted octanol–water partition coefficient (Wildman–Crippen LogP) is 2.89. The van der Waals surface area contributed by atoms with Crippen LogP contribution in [0.25, 0.3) is 0 Å². The third-order valence-electron chi connectivity index (χ3n) is 2.64. The Labute approximate surface area is 114 Å². The summed E-state index contributed by atoms with van der Waals surface area (Å²) in [6, 6.07) is 0. The van der Waals surface area contributed by atoms with Crippen molar-refractivity contribution in [2.45, 2.75) is 59.0 Å². The van der Waals surface area contributed by atoms with E-state index in [9.17, 15) is 9.59 Å². The van der Waals surface area contributed by atoms with Crippen molar-refractivity contribution < 1.29 is 24.2 Å². The van der Waals surface area contributed by atoms with Gasteiger partial charge in [0.05, 0.1) is 19.3 Å². The zero-order valence-electron chi connectivity index (χ0n) is 12.0. The molecule has 1 N–H and O–H groups in total. The topological polar surface area (TPSA) is 72.8 Å². The third-order valence-corrected chi connectivity index (χ3v) is 2.64. The molecule has 0 bridgehead atoms. The lowest BCUT2D eigenvalue weighted by Crippen LogP contribution is -2.26. The number of allylic oxidation sites excluding steroid dienone is 1. The Bertz CT molecular complexity index is 309. The molecular weight excluding hydrogens is 248 g/mol. The summed E-state index contributed by atoms with van der Waals surface area (Å²) < 4.78 is 9.93. The Balaban J connectivity index is 4.44. The number of carboxylic acids is 1. The van der Waals surface area contributed by atoms with E-state index in [-0.39, 0.29) is 13.0 Å². The van der Waals surface area contributed by atoms with Crippen LogP contribution in [0, 0.1) is 0 Å². The second-order valence-electron chi connectivity index (χ2n) is 4.21. The summed E-state index contributed by atoms with van der Waals surface area (Å²) in [5, 5.41) is 8.99. The van der Waals surface area contributed by atoms with Gasteiger partial charge in [-0.15, -0.1) is 0 Å². The zero-order chi connectivity index (χ0) is 14.7. The van der Waals surface area contributed by atoms with Gasteiger partial charge in [0.25, 0.3) is 0 Å². The first-order valence-electron chi connectivity index (χ1n) is 6.76. The summed E-state index contributed by atoms with van der Waals surface area (Å²) in [6.07, 6.45) is 3.84. The van der Waals surface area contributed by atoms with E-state index in [0.717, 1.165) is 31.3 Å². The molecule has 0 aromatic rings. The number of unbranched alkanes of at least 4 members (excludes halogenated alkanes) is 1. The number of carbonyl (C=O) groups excluding carboxylic acids is 1. The minimum absolute atomic E-state index is 0.234. The van der Waals surface area contributed by atoms with Crippen molar-refractivity contribution >= 4 is 11.9 Å². The van der Waals surface area contributed by atoms with Gasteiger partial charge in [-0.05, 0) is 31.8 Å². The van der Waals surface area contributed by atoms with Gasteiger partial charge in [-0.1, -0.05) is 20.3 Å². The van der Waals surface area contributed by atoms with Crippen LogP contribution in [0.4, 0.5) is 0 Å². The molecule has 5 nitrogen and oxygen atoms in total. The maximum atomic E-state index is 11.3. The van der Waals surface area contributed by atoms with Crippen molar-refractivity contribution in [3.63, 3.8) is 0 Å². The van der Waals surface area contributed by atoms with Crippen LogP contribution in [0.3, 0.4) is 0 Å². The van der Waals surface area contributed by atoms with Gasteiger partial charge in [0.1, 0.15) is 0 Å². The molecule has 0 spiro atoms. The van der Waals surface area contributed by atoms with Crippen molar-refractivity contribution in [2.24, 2.45) is 0 Å². The van der Waals surface area contributed by atoms with Gasteiger partial charge in [-0.2, -0.15) is 0 Å². The summed E-state index contributed by atoms with van der Waals surface area (Å²) in [4.78, 5) is 22.3. The molecule has 1 atom stereocenters. The van der Waals surface area contributed by atoms with Crippen LogP contribution in [-0.4, -0.2) is 29.8 Å². The van der Waals surface area contributed by atoms with Crippen molar-refractivity contribution in [2.75, 3.05) is 6.61 Å². The van der Waals surface area contributed by atoms with Crippen molar-refractivity contribution in [3.8, 4) is 0 Å². The van der Waals surface area contributed by atoms with Gasteiger partial charge < -0.3 is 14.6 Å². The molecule has 5 heteroatoms. The highest BCUT2D eigenvalue weighted by molar-refractivity contribution is 5.80. The van der Waals surface area contributed by atoms with Crippen molar-refractivity contribution in [3.05, 3.63) is 11.8 Å². The van der Waals surface area contributed by atoms with Crippen LogP contribution >= 0.6 is 0 Å². The van der Waals surface area contributed by atoms with Crippen LogP contribution < -0.4 is 0 Å². The number of aliphatic carboxylic acids is 1. The van der Waals surface area contributed by atoms with E-state index >= 15 is 0 Å². The molecule has 1 unspecified atom stereocenters. The Morgan fingerprint density at radius 2 is 1.95 bits per heavy atom. The molecule has 0 saturated heterocycles. The molecule has 0 heterocycles. The highest BCUT2D eigenvalue weighted by atomic mass is 16.5. The third kappa shape index (κ3) is 8.24. The molecule has 0 aromatic heterocycles. The second-order valence-corrected chi connectivity index (χ2v) is 4.21. The van der Waals surface area contributed by atoms with Gasteiger partial charge >= 0.3 is 11.9 Å². The summed E-state index contributed by atoms with van der Waals surface area (Å²) in [5.41, 5.74) is 1.05. The van der Waals surface area contributed by atoms with Crippen LogP contribution in [0.15, 0.2) is 11.8 Å². The number of hydrogen-bond acceptors (Lipinski definition) is 4. The van der Waals surface area contributed by atoms with E-state index < -0.39 is 18.0 Å². The van der Waals surface area contributed by atoms with Crippen molar-refractivity contribution in [1.82, 2.24) is 0 Å². The molecule has 19 heavy (non-hydrogen) atoms. The standard InChI is InChI=1S/C14H24O5/c1-4-7-8-11(5-2)10-19-12(14(16)17)9-13(15)18-6-3/h10,12H,4-9H2,1-3H3,(H,16,17). The van der Waals surface area contributed by atoms with Crippen LogP contribution in [0.5, 0.6) is 0 Å². The minimum Gasteiger partial charge on any atom is -0.486 e. The molecule has 0 saturated carbocycles. The number of carbonyl (C=O) groups is 2. The van der Waals surface area contributed by atoms with E-state index in [1.54, 1.807) is 6.92 Å². The lowest BCUT2D eigenvalue weighted by Gasteiger charge is -2.13. The molecule has 0 fully saturated rings. The number of hydrogen-bond donors (Lipinski definition) is 1. The highest BCUT2D eigenvalue weighted by Gasteiger charge is 2.22. The van der Waals surface area contributed by atoms with Crippen LogP contribution in [-0.2, 0) is 19.1 Å². The van der Waals surface area contributed by atoms with Gasteiger partial charge in [0, 0.05) is 0 Å². The smallest absolute Gasteiger partial charge is 0.345 e. The van der Waals surface area contributed by atoms with Crippen LogP contribution in [0.2, 0.25) is 0 Å². The molecular formula is C14H24O5. The minimum atomic E-state index is -1.18. The molecule has 0 aliphatic heterocycles. The van der Waals surface area contributed by atoms with Gasteiger partial charge in [-0.25, -0.2) is 4.79 Å². The zero-order valence-corrected chi connectivity index (χ0v) is 12.0. The van der Waals surface area contributed by atoms with E-state index in [0.29, 0.717) is 0 Å². The maximum absolute atomic E-state index is 11.3. The van der Waals surface area contributed by atoms with Crippen LogP contribution in [0.1, 0.15) is 52.9 Å². The molecule has 0 aliphatic rings. The molecule has 0 aromatic carbocycles. The number of esters is 1. The first kappa shape index (κ1) is 17.5. The Kier molecular flexibility index (Phi) is 9.57. The SMILES string of the molecule is CCCCC(=COC(CC(=O)OCC)C(=O)O)CC. The maximum Gasteiger partial charge on any atom is 0.345 e. The summed E-state index contributed by atoms with van der Waals surface area (Å²) in [7, 11) is 0. The average Bonchev–Trinajstić information content (AvgIpc) is 2.37. The summed E-state index contributed by atoms with van der Waals surface area (Å²) >= 11 is 0. The normalized spacial score (nSPS) is 12.9. The molecule has 0 radical (unpaired) electrons. The van der Waals surface area contributed by atoms with E-state index in [4.69, 9.17) is 14.6 Å². The lowest BCUT2D eigenvalue weighted by atomic mass is 10.1. The van der Waals surface area contributed by atoms with E-state index in [2.05, 4.69) is 6.92 Å². The Morgan fingerprint density at radius 3 is 2.42 bits per heavy atom. The fourth-order valence-corrected chi connectivity index (χ4v) is 1.47. The fourth-order valence-electron chi connectivity index (χ4n) is 1.47. The van der Waals surface area contributed by atoms with E-state index in [1.807, 2.05) is 6.92 Å².